The van der Waals surface area contributed by atoms with Crippen LogP contribution in [0.25, 0.3) is 0 Å². The summed E-state index contributed by atoms with van der Waals surface area (Å²) in [6, 6.07) is -2.75. The van der Waals surface area contributed by atoms with E-state index in [1.807, 2.05) is 0 Å². The minimum Gasteiger partial charge on any atom is -0.508 e. The summed E-state index contributed by atoms with van der Waals surface area (Å²) >= 11 is 0. The van der Waals surface area contributed by atoms with Gasteiger partial charge in [0.25, 0.3) is 0 Å². The molecule has 10 amide bonds. The van der Waals surface area contributed by atoms with Gasteiger partial charge >= 0.3 is 0 Å². The molecule has 0 saturated carbocycles. The quantitative estimate of drug-likeness (QED) is 0.0736. The van der Waals surface area contributed by atoms with Crippen LogP contribution in [0.2, 0.25) is 0 Å². The third-order valence-corrected chi connectivity index (χ3v) is 11.4. The van der Waals surface area contributed by atoms with Crippen molar-refractivity contribution in [2.45, 2.75) is 108 Å². The second-order valence-corrected chi connectivity index (χ2v) is 17.1. The predicted octanol–water partition coefficient (Wildman–Crippen LogP) is -5.56. The maximum absolute atomic E-state index is 14.0. The Labute approximate surface area is 372 Å². The Morgan fingerprint density at radius 3 is 2.02 bits per heavy atom. The van der Waals surface area contributed by atoms with Gasteiger partial charge in [-0.05, 0) is 56.2 Å². The van der Waals surface area contributed by atoms with Crippen LogP contribution in [0.4, 0.5) is 0 Å². The molecule has 2 rings (SSSR count). The van der Waals surface area contributed by atoms with Crippen LogP contribution >= 0.6 is 0 Å². The molecule has 0 spiro atoms. The van der Waals surface area contributed by atoms with Gasteiger partial charge < -0.3 is 64.2 Å². The molecule has 24 nitrogen and oxygen atoms in total. The van der Waals surface area contributed by atoms with Crippen LogP contribution in [0.15, 0.2) is 24.3 Å². The number of nitrogens with two attached hydrogens (primary N) is 3. The smallest absolute Gasteiger partial charge is 0.245 e. The topological polar surface area (TPSA) is 394 Å². The van der Waals surface area contributed by atoms with Crippen molar-refractivity contribution >= 4 is 69.9 Å². The number of nitrogens with zero attached hydrogens (tertiary/aromatic N) is 1. The number of nitrogens with one attached hydrogen (secondary N) is 7. The molecule has 25 heteroatoms. The van der Waals surface area contributed by atoms with E-state index in [1.54, 1.807) is 26.0 Å². The zero-order valence-corrected chi connectivity index (χ0v) is 37.0. The molecule has 15 N–H and O–H groups in total. The number of hydrogen-bond acceptors (Lipinski definition) is 14. The van der Waals surface area contributed by atoms with Gasteiger partial charge in [-0.1, -0.05) is 32.4 Å². The summed E-state index contributed by atoms with van der Waals surface area (Å²) in [5.74, 6) is -10.2. The molecule has 1 aliphatic heterocycles. The highest BCUT2D eigenvalue weighted by Crippen LogP contribution is 2.15. The molecular weight excluding hydrogens is 863 g/mol. The number of amides is 10. The van der Waals surface area contributed by atoms with Crippen LogP contribution in [0, 0.1) is 5.92 Å². The summed E-state index contributed by atoms with van der Waals surface area (Å²) in [6.45, 7) is 3.53. The first-order valence-corrected chi connectivity index (χ1v) is 21.9. The van der Waals surface area contributed by atoms with Crippen LogP contribution in [0.5, 0.6) is 5.75 Å². The van der Waals surface area contributed by atoms with E-state index in [4.69, 9.17) is 17.2 Å². The molecule has 0 aromatic heterocycles. The van der Waals surface area contributed by atoms with Crippen LogP contribution < -0.4 is 54.4 Å². The Kier molecular flexibility index (Phi) is 22.3. The molecular formula is C39H61N11O13S. The van der Waals surface area contributed by atoms with Crippen molar-refractivity contribution in [3.8, 4) is 5.75 Å². The van der Waals surface area contributed by atoms with Crippen LogP contribution in [0.1, 0.15) is 64.9 Å². The second kappa shape index (κ2) is 26.4. The maximum atomic E-state index is 14.0. The monoisotopic (exact) mass is 923 g/mol. The Balaban J connectivity index is 2.56. The second-order valence-electron chi connectivity index (χ2n) is 15.4. The first kappa shape index (κ1) is 53.9. The van der Waals surface area contributed by atoms with Gasteiger partial charge in [0.15, 0.2) is 0 Å². The van der Waals surface area contributed by atoms with Gasteiger partial charge in [-0.2, -0.15) is 0 Å². The minimum absolute atomic E-state index is 0.0415. The first-order chi connectivity index (χ1) is 30.0. The average Bonchev–Trinajstić information content (AvgIpc) is 3.22. The normalized spacial score (nSPS) is 23.9. The lowest BCUT2D eigenvalue weighted by Crippen LogP contribution is -2.61. The van der Waals surface area contributed by atoms with E-state index in [0.29, 0.717) is 12.0 Å². The summed E-state index contributed by atoms with van der Waals surface area (Å²) in [5, 5.41) is 38.1. The van der Waals surface area contributed by atoms with E-state index in [-0.39, 0.29) is 36.5 Å². The molecule has 9 atom stereocenters. The van der Waals surface area contributed by atoms with Crippen molar-refractivity contribution in [1.82, 2.24) is 42.1 Å². The summed E-state index contributed by atoms with van der Waals surface area (Å²) in [6.07, 6.45) is -3.36. The number of aliphatic hydroxyl groups excluding tert-OH is 1. The molecule has 64 heavy (non-hydrogen) atoms. The van der Waals surface area contributed by atoms with Gasteiger partial charge in [0.05, 0.1) is 25.6 Å². The number of aromatic hydroxyl groups is 1. The molecule has 356 valence electrons. The number of primary amides is 3. The fraction of sp³-hybridized carbons (Fsp3) is 0.590. The van der Waals surface area contributed by atoms with E-state index < -0.39 is 151 Å². The molecule has 2 unspecified atom stereocenters. The van der Waals surface area contributed by atoms with Gasteiger partial charge in [0.1, 0.15) is 42.2 Å². The molecule has 1 saturated heterocycles. The Morgan fingerprint density at radius 1 is 0.828 bits per heavy atom. The number of phenolic OH excluding ortho intramolecular Hbond substituents is 1. The summed E-state index contributed by atoms with van der Waals surface area (Å²) in [5.41, 5.74) is 16.4. The number of benzene rings is 1. The zero-order chi connectivity index (χ0) is 48.3. The number of carbonyl (C=O) groups excluding carboxylic acids is 10. The molecule has 0 bridgehead atoms. The molecule has 0 radical (unpaired) electrons. The van der Waals surface area contributed by atoms with Gasteiger partial charge in [-0.15, -0.1) is 0 Å². The van der Waals surface area contributed by atoms with Gasteiger partial charge in [-0.3, -0.25) is 57.5 Å². The highest BCUT2D eigenvalue weighted by Gasteiger charge is 2.36. The van der Waals surface area contributed by atoms with Gasteiger partial charge in [0.2, 0.25) is 59.1 Å². The van der Waals surface area contributed by atoms with E-state index >= 15 is 0 Å². The van der Waals surface area contributed by atoms with E-state index in [9.17, 15) is 62.4 Å². The lowest BCUT2D eigenvalue weighted by molar-refractivity contribution is -0.140. The van der Waals surface area contributed by atoms with Crippen molar-refractivity contribution in [2.75, 3.05) is 31.6 Å². The molecule has 1 aliphatic rings. The summed E-state index contributed by atoms with van der Waals surface area (Å²) in [7, 11) is -0.608. The number of hydrogen-bond donors (Lipinski definition) is 12. The minimum atomic E-state index is -1.80. The number of carbonyl (C=O) groups is 10. The summed E-state index contributed by atoms with van der Waals surface area (Å²) < 4.78 is 13.3. The van der Waals surface area contributed by atoms with Crippen molar-refractivity contribution in [1.29, 1.82) is 0 Å². The fourth-order valence-corrected chi connectivity index (χ4v) is 7.42. The standard InChI is InChI=1S/C39H61N11O13S/c1-5-20(2)33-38(61)46-24(10-11-28(40)52)35(58)48-27(17-29(41)53)36(59)47-25(39(62)50(4)19-32(56)44-21(3)34(57)43-18-30(42)54)12-14-64(63)15-13-31(55)45-26(37(60)49-33)16-22-6-8-23(51)9-7-22/h6-9,20-21,24-27,31,33,45,51,55H,5,10-19H2,1-4H3,(H2,40,52)(H2,41,53)(H2,42,54)(H,43,57)(H,44,56)(H,46,61)(H,47,59)(H,48,58)(H,49,60)/t20-,21-,24-,25-,26+,27-,31?,33-,64?/m0/s1. The summed E-state index contributed by atoms with van der Waals surface area (Å²) in [4.78, 5) is 130. The highest BCUT2D eigenvalue weighted by atomic mass is 32.2. The van der Waals surface area contributed by atoms with Gasteiger partial charge in [-0.25, -0.2) is 0 Å². The maximum Gasteiger partial charge on any atom is 0.245 e. The third-order valence-electron chi connectivity index (χ3n) is 10.1. The van der Waals surface area contributed by atoms with Crippen molar-refractivity contribution in [3.05, 3.63) is 29.8 Å². The number of likely N-dealkylation sites (N-methyl/N-ethyl adjacent to an activating group) is 1. The molecule has 1 aromatic carbocycles. The van der Waals surface area contributed by atoms with Gasteiger partial charge in [0, 0.05) is 35.8 Å². The highest BCUT2D eigenvalue weighted by molar-refractivity contribution is 7.84. The largest absolute Gasteiger partial charge is 0.508 e. The predicted molar refractivity (Wildman–Crippen MR) is 229 cm³/mol. The van der Waals surface area contributed by atoms with Crippen LogP contribution in [-0.4, -0.2) is 153 Å². The zero-order valence-electron chi connectivity index (χ0n) is 36.2. The van der Waals surface area contributed by atoms with Crippen molar-refractivity contribution in [3.63, 3.8) is 0 Å². The Bertz CT molecular complexity index is 1890. The SMILES string of the molecule is CC[C@H](C)[C@@H]1NC(=O)[C@@H](Cc2ccc(O)cc2)NC(O)CCS(=O)CC[C@@H](C(=O)N(C)CC(=O)N[C@@H](C)C(=O)NCC(N)=O)NC(=O)[C@H](CC(N)=O)NC(=O)[C@H](CCC(N)=O)NC1=O. The van der Waals surface area contributed by atoms with Crippen molar-refractivity contribution < 1.29 is 62.4 Å². The number of rotatable bonds is 16. The number of aliphatic hydroxyl groups is 1. The first-order valence-electron chi connectivity index (χ1n) is 20.5. The lowest BCUT2D eigenvalue weighted by atomic mass is 9.96. The van der Waals surface area contributed by atoms with Crippen LogP contribution in [0.3, 0.4) is 0 Å². The van der Waals surface area contributed by atoms with E-state index in [2.05, 4.69) is 37.2 Å². The molecule has 1 aromatic rings. The fourth-order valence-electron chi connectivity index (χ4n) is 6.23. The lowest BCUT2D eigenvalue weighted by Gasteiger charge is -2.30. The third kappa shape index (κ3) is 19.0. The van der Waals surface area contributed by atoms with Crippen LogP contribution in [-0.2, 0) is 65.2 Å². The number of phenols is 1. The Hall–Kier alpha value is -6.21. The van der Waals surface area contributed by atoms with E-state index in [1.165, 1.54) is 26.1 Å². The average molecular weight is 924 g/mol. The van der Waals surface area contributed by atoms with Crippen molar-refractivity contribution in [2.24, 2.45) is 23.1 Å². The molecule has 0 aliphatic carbocycles. The molecule has 1 heterocycles. The van der Waals surface area contributed by atoms with E-state index in [0.717, 1.165) is 4.90 Å². The molecule has 1 fully saturated rings. The Morgan fingerprint density at radius 2 is 1.42 bits per heavy atom.